The van der Waals surface area contributed by atoms with Crippen LogP contribution >= 0.6 is 23.1 Å². The molecule has 9 heteroatoms. The van der Waals surface area contributed by atoms with Crippen molar-refractivity contribution >= 4 is 45.2 Å². The van der Waals surface area contributed by atoms with E-state index in [1.807, 2.05) is 43.4 Å². The number of para-hydroxylation sites is 2. The first-order valence-electron chi connectivity index (χ1n) is 11.2. The molecule has 1 aliphatic heterocycles. The van der Waals surface area contributed by atoms with E-state index in [2.05, 4.69) is 42.8 Å². The normalized spacial score (nSPS) is 14.0. The minimum Gasteiger partial charge on any atom is -0.341 e. The first-order chi connectivity index (χ1) is 16.2. The smallest absolute Gasteiger partial charge is 0.233 e. The average Bonchev–Trinajstić information content (AvgIpc) is 3.47. The lowest BCUT2D eigenvalue weighted by Crippen LogP contribution is -2.31. The molecule has 4 aromatic rings. The quantitative estimate of drug-likeness (QED) is 0.361. The van der Waals surface area contributed by atoms with Gasteiger partial charge < -0.3 is 9.80 Å². The fraction of sp³-hybridized carbons (Fsp3) is 0.333. The van der Waals surface area contributed by atoms with Crippen LogP contribution in [0, 0.1) is 0 Å². The Kier molecular flexibility index (Phi) is 6.59. The lowest BCUT2D eigenvalue weighted by atomic mass is 10.1. The Balaban J connectivity index is 1.30. The van der Waals surface area contributed by atoms with Crippen LogP contribution < -0.4 is 4.90 Å². The monoisotopic (exact) mass is 478 g/mol. The van der Waals surface area contributed by atoms with Gasteiger partial charge in [-0.05, 0) is 43.5 Å². The van der Waals surface area contributed by atoms with Crippen LogP contribution in [0.4, 0.5) is 5.95 Å². The largest absolute Gasteiger partial charge is 0.341 e. The Hall–Kier alpha value is -2.91. The maximum absolute atomic E-state index is 12.9. The number of hydrogen-bond donors (Lipinski definition) is 0. The van der Waals surface area contributed by atoms with Crippen LogP contribution in [0.15, 0.2) is 59.8 Å². The first-order valence-corrected chi connectivity index (χ1v) is 13.0. The first kappa shape index (κ1) is 21.9. The SMILES string of the molecule is CN(Cc1nc2ccccc2s1)C(=O)CSc1nnc(N2CCCCC2)n1-c1ccccc1. The third-order valence-corrected chi connectivity index (χ3v) is 7.67. The number of carbonyl (C=O) groups excluding carboxylic acids is 1. The summed E-state index contributed by atoms with van der Waals surface area (Å²) in [5.41, 5.74) is 2.00. The predicted molar refractivity (Wildman–Crippen MR) is 134 cm³/mol. The third-order valence-electron chi connectivity index (χ3n) is 5.73. The standard InChI is InChI=1S/C24H26N6OS2/c1-28(16-21-25-19-12-6-7-13-20(19)33-21)22(31)17-32-24-27-26-23(29-14-8-3-9-15-29)30(24)18-10-4-2-5-11-18/h2,4-7,10-13H,3,8-9,14-17H2,1H3. The third kappa shape index (κ3) is 4.89. The molecule has 1 fully saturated rings. The number of thioether (sulfide) groups is 1. The van der Waals surface area contributed by atoms with Gasteiger partial charge in [-0.1, -0.05) is 42.1 Å². The van der Waals surface area contributed by atoms with Gasteiger partial charge in [0.2, 0.25) is 11.9 Å². The highest BCUT2D eigenvalue weighted by Crippen LogP contribution is 2.29. The molecule has 0 radical (unpaired) electrons. The van der Waals surface area contributed by atoms with Gasteiger partial charge in [0.05, 0.1) is 28.2 Å². The maximum Gasteiger partial charge on any atom is 0.233 e. The van der Waals surface area contributed by atoms with Crippen LogP contribution in [-0.2, 0) is 11.3 Å². The van der Waals surface area contributed by atoms with E-state index in [4.69, 9.17) is 0 Å². The van der Waals surface area contributed by atoms with Crippen LogP contribution in [0.1, 0.15) is 24.3 Å². The van der Waals surface area contributed by atoms with Crippen LogP contribution in [0.3, 0.4) is 0 Å². The van der Waals surface area contributed by atoms with Gasteiger partial charge in [0.1, 0.15) is 5.01 Å². The number of rotatable bonds is 7. The zero-order valence-corrected chi connectivity index (χ0v) is 20.2. The molecule has 1 saturated heterocycles. The van der Waals surface area contributed by atoms with Crippen molar-refractivity contribution in [1.29, 1.82) is 0 Å². The second-order valence-corrected chi connectivity index (χ2v) is 10.2. The molecule has 33 heavy (non-hydrogen) atoms. The number of hydrogen-bond acceptors (Lipinski definition) is 7. The van der Waals surface area contributed by atoms with E-state index < -0.39 is 0 Å². The Morgan fingerprint density at radius 3 is 2.58 bits per heavy atom. The van der Waals surface area contributed by atoms with Crippen molar-refractivity contribution in [3.8, 4) is 5.69 Å². The van der Waals surface area contributed by atoms with Crippen molar-refractivity contribution in [3.05, 3.63) is 59.6 Å². The highest BCUT2D eigenvalue weighted by molar-refractivity contribution is 7.99. The molecule has 0 bridgehead atoms. The van der Waals surface area contributed by atoms with Crippen molar-refractivity contribution in [1.82, 2.24) is 24.6 Å². The molecule has 3 heterocycles. The molecular formula is C24H26N6OS2. The zero-order valence-electron chi connectivity index (χ0n) is 18.6. The van der Waals surface area contributed by atoms with Gasteiger partial charge in [0.15, 0.2) is 5.16 Å². The van der Waals surface area contributed by atoms with Crippen molar-refractivity contribution in [3.63, 3.8) is 0 Å². The summed E-state index contributed by atoms with van der Waals surface area (Å²) in [5, 5.41) is 10.7. The zero-order chi connectivity index (χ0) is 22.6. The number of fused-ring (bicyclic) bond motifs is 1. The van der Waals surface area contributed by atoms with Crippen LogP contribution in [0.25, 0.3) is 15.9 Å². The summed E-state index contributed by atoms with van der Waals surface area (Å²) in [4.78, 5) is 21.6. The minimum atomic E-state index is 0.0430. The maximum atomic E-state index is 12.9. The molecule has 170 valence electrons. The molecular weight excluding hydrogens is 452 g/mol. The van der Waals surface area contributed by atoms with Crippen LogP contribution in [0.5, 0.6) is 0 Å². The molecule has 2 aromatic heterocycles. The van der Waals surface area contributed by atoms with Gasteiger partial charge in [-0.3, -0.25) is 9.36 Å². The Bertz CT molecular complexity index is 1200. The van der Waals surface area contributed by atoms with E-state index in [1.54, 1.807) is 16.2 Å². The summed E-state index contributed by atoms with van der Waals surface area (Å²) in [6.07, 6.45) is 3.59. The topological polar surface area (TPSA) is 67.2 Å². The molecule has 0 saturated carbocycles. The summed E-state index contributed by atoms with van der Waals surface area (Å²) < 4.78 is 3.22. The number of piperidine rings is 1. The second-order valence-electron chi connectivity index (χ2n) is 8.12. The molecule has 1 amide bonds. The Morgan fingerprint density at radius 1 is 1.03 bits per heavy atom. The van der Waals surface area contributed by atoms with Gasteiger partial charge in [0, 0.05) is 20.1 Å². The predicted octanol–water partition coefficient (Wildman–Crippen LogP) is 4.62. The fourth-order valence-corrected chi connectivity index (χ4v) is 5.88. The molecule has 0 unspecified atom stereocenters. The summed E-state index contributed by atoms with van der Waals surface area (Å²) in [7, 11) is 1.83. The fourth-order valence-electron chi connectivity index (χ4n) is 3.97. The number of amides is 1. The van der Waals surface area contributed by atoms with Gasteiger partial charge in [-0.15, -0.1) is 21.5 Å². The van der Waals surface area contributed by atoms with Crippen molar-refractivity contribution < 1.29 is 4.79 Å². The molecule has 0 N–H and O–H groups in total. The summed E-state index contributed by atoms with van der Waals surface area (Å²) in [5.74, 6) is 1.20. The molecule has 2 aromatic carbocycles. The lowest BCUT2D eigenvalue weighted by Gasteiger charge is -2.27. The van der Waals surface area contributed by atoms with Crippen molar-refractivity contribution in [2.24, 2.45) is 0 Å². The Labute approximate surface area is 201 Å². The van der Waals surface area contributed by atoms with E-state index in [-0.39, 0.29) is 5.91 Å². The van der Waals surface area contributed by atoms with E-state index in [9.17, 15) is 4.79 Å². The molecule has 7 nitrogen and oxygen atoms in total. The summed E-state index contributed by atoms with van der Waals surface area (Å²) >= 11 is 3.07. The number of anilines is 1. The van der Waals surface area contributed by atoms with Gasteiger partial charge >= 0.3 is 0 Å². The number of aromatic nitrogens is 4. The molecule has 5 rings (SSSR count). The highest BCUT2D eigenvalue weighted by atomic mass is 32.2. The number of nitrogens with zero attached hydrogens (tertiary/aromatic N) is 6. The van der Waals surface area contributed by atoms with E-state index in [0.29, 0.717) is 12.3 Å². The number of benzene rings is 2. The molecule has 0 spiro atoms. The highest BCUT2D eigenvalue weighted by Gasteiger charge is 2.22. The van der Waals surface area contributed by atoms with E-state index in [0.717, 1.165) is 45.1 Å². The van der Waals surface area contributed by atoms with Gasteiger partial charge in [-0.25, -0.2) is 4.98 Å². The van der Waals surface area contributed by atoms with Gasteiger partial charge in [-0.2, -0.15) is 0 Å². The number of carbonyl (C=O) groups is 1. The lowest BCUT2D eigenvalue weighted by molar-refractivity contribution is -0.127. The average molecular weight is 479 g/mol. The summed E-state index contributed by atoms with van der Waals surface area (Å²) in [6.45, 7) is 2.47. The van der Waals surface area contributed by atoms with Crippen LogP contribution in [-0.4, -0.2) is 56.4 Å². The number of thiazole rings is 1. The van der Waals surface area contributed by atoms with Crippen molar-refractivity contribution in [2.45, 2.75) is 31.0 Å². The van der Waals surface area contributed by atoms with Crippen molar-refractivity contribution in [2.75, 3.05) is 30.8 Å². The molecule has 0 aliphatic carbocycles. The Morgan fingerprint density at radius 2 is 1.79 bits per heavy atom. The molecule has 1 aliphatic rings. The van der Waals surface area contributed by atoms with Crippen LogP contribution in [0.2, 0.25) is 0 Å². The van der Waals surface area contributed by atoms with E-state index in [1.165, 1.54) is 31.0 Å². The summed E-state index contributed by atoms with van der Waals surface area (Å²) in [6, 6.07) is 18.2. The molecule has 0 atom stereocenters. The van der Waals surface area contributed by atoms with Gasteiger partial charge in [0.25, 0.3) is 0 Å². The van der Waals surface area contributed by atoms with E-state index >= 15 is 0 Å². The minimum absolute atomic E-state index is 0.0430. The second kappa shape index (κ2) is 9.93.